The first-order valence-electron chi connectivity index (χ1n) is 4.07. The molecule has 0 aliphatic rings. The van der Waals surface area contributed by atoms with Gasteiger partial charge in [0.15, 0.2) is 0 Å². The van der Waals surface area contributed by atoms with Crippen LogP contribution in [0.15, 0.2) is 35.9 Å². The van der Waals surface area contributed by atoms with E-state index in [0.29, 0.717) is 0 Å². The van der Waals surface area contributed by atoms with Gasteiger partial charge < -0.3 is 0 Å². The molecule has 0 saturated carbocycles. The van der Waals surface area contributed by atoms with Crippen LogP contribution in [0.5, 0.6) is 0 Å². The smallest absolute Gasteiger partial charge is 0.0112 e. The Labute approximate surface area is 78.9 Å². The maximum Gasteiger partial charge on any atom is 0.0112 e. The molecule has 1 heteroatoms. The lowest BCUT2D eigenvalue weighted by Gasteiger charge is -1.99. The van der Waals surface area contributed by atoms with Gasteiger partial charge in [-0.15, -0.1) is 0 Å². The minimum absolute atomic E-state index is 0.732. The second-order valence-corrected chi connectivity index (χ2v) is 3.54. The first kappa shape index (κ1) is 9.34. The fourth-order valence-corrected chi connectivity index (χ4v) is 1.13. The predicted octanol–water partition coefficient (Wildman–Crippen LogP) is 3.68. The summed E-state index contributed by atoms with van der Waals surface area (Å²) in [6.07, 6.45) is 1.85. The summed E-state index contributed by atoms with van der Waals surface area (Å²) in [7, 11) is 0. The molecule has 12 heavy (non-hydrogen) atoms. The van der Waals surface area contributed by atoms with Crippen molar-refractivity contribution in [3.8, 4) is 0 Å². The molecule has 0 radical (unpaired) electrons. The molecule has 0 aliphatic carbocycles. The van der Waals surface area contributed by atoms with Gasteiger partial charge in [-0.25, -0.2) is 0 Å². The zero-order chi connectivity index (χ0) is 8.97. The predicted molar refractivity (Wildman–Crippen MR) is 54.5 cm³/mol. The number of allylic oxidation sites excluding steroid dienone is 1. The lowest BCUT2D eigenvalue weighted by Crippen LogP contribution is -1.84. The number of hydrogen-bond acceptors (Lipinski definition) is 0. The molecule has 0 aromatic heterocycles. The average Bonchev–Trinajstić information content (AvgIpc) is 2.03. The molecule has 0 saturated heterocycles. The molecule has 1 rings (SSSR count). The van der Waals surface area contributed by atoms with Crippen LogP contribution in [0, 0.1) is 6.92 Å². The minimum atomic E-state index is 0.732. The Balaban J connectivity index is 2.53. The van der Waals surface area contributed by atoms with Gasteiger partial charge in [-0.3, -0.25) is 0 Å². The second kappa shape index (κ2) is 4.32. The van der Waals surface area contributed by atoms with Crippen LogP contribution in [0.3, 0.4) is 0 Å². The van der Waals surface area contributed by atoms with Crippen LogP contribution in [0.4, 0.5) is 0 Å². The Morgan fingerprint density at radius 2 is 1.92 bits per heavy atom. The highest BCUT2D eigenvalue weighted by atomic mass is 35.5. The molecule has 0 unspecified atom stereocenters. The van der Waals surface area contributed by atoms with Crippen molar-refractivity contribution >= 4 is 11.6 Å². The van der Waals surface area contributed by atoms with Gasteiger partial charge in [-0.1, -0.05) is 48.0 Å². The molecule has 0 heterocycles. The van der Waals surface area contributed by atoms with Crippen molar-refractivity contribution in [1.82, 2.24) is 0 Å². The van der Waals surface area contributed by atoms with E-state index in [1.165, 1.54) is 11.1 Å². The van der Waals surface area contributed by atoms with Gasteiger partial charge in [0.05, 0.1) is 0 Å². The Morgan fingerprint density at radius 3 is 2.42 bits per heavy atom. The van der Waals surface area contributed by atoms with Crippen LogP contribution >= 0.6 is 11.6 Å². The topological polar surface area (TPSA) is 0 Å². The molecule has 0 aliphatic heterocycles. The number of benzene rings is 1. The van der Waals surface area contributed by atoms with Gasteiger partial charge in [0.2, 0.25) is 0 Å². The van der Waals surface area contributed by atoms with Crippen molar-refractivity contribution in [2.45, 2.75) is 19.8 Å². The highest BCUT2D eigenvalue weighted by Crippen LogP contribution is 2.11. The fourth-order valence-electron chi connectivity index (χ4n) is 1.03. The van der Waals surface area contributed by atoms with E-state index < -0.39 is 0 Å². The van der Waals surface area contributed by atoms with E-state index in [2.05, 4.69) is 37.8 Å². The van der Waals surface area contributed by atoms with Gasteiger partial charge >= 0.3 is 0 Å². The van der Waals surface area contributed by atoms with Crippen LogP contribution in [0.2, 0.25) is 0 Å². The van der Waals surface area contributed by atoms with E-state index in [4.69, 9.17) is 11.6 Å². The first-order chi connectivity index (χ1) is 5.68. The normalized spacial score (nSPS) is 9.83. The van der Waals surface area contributed by atoms with E-state index in [-0.39, 0.29) is 0 Å². The van der Waals surface area contributed by atoms with Crippen LogP contribution in [-0.2, 0) is 6.42 Å². The largest absolute Gasteiger partial charge is 0.0898 e. The molecule has 0 amide bonds. The average molecular weight is 181 g/mol. The maximum atomic E-state index is 5.66. The fraction of sp³-hybridized carbons (Fsp3) is 0.273. The quantitative estimate of drug-likeness (QED) is 0.666. The Kier molecular flexibility index (Phi) is 3.36. The summed E-state index contributed by atoms with van der Waals surface area (Å²) in [6.45, 7) is 5.74. The van der Waals surface area contributed by atoms with Gasteiger partial charge in [0, 0.05) is 5.03 Å². The molecule has 1 aromatic carbocycles. The van der Waals surface area contributed by atoms with E-state index in [9.17, 15) is 0 Å². The summed E-state index contributed by atoms with van der Waals surface area (Å²) in [5.74, 6) is 0. The third-order valence-corrected chi connectivity index (χ3v) is 1.99. The zero-order valence-electron chi connectivity index (χ0n) is 7.31. The number of hydrogen-bond donors (Lipinski definition) is 0. The molecular formula is C11H13Cl. The molecule has 0 fully saturated rings. The zero-order valence-corrected chi connectivity index (χ0v) is 8.06. The van der Waals surface area contributed by atoms with Crippen LogP contribution < -0.4 is 0 Å². The monoisotopic (exact) mass is 180 g/mol. The molecular weight excluding hydrogens is 168 g/mol. The van der Waals surface area contributed by atoms with Gasteiger partial charge in [-0.2, -0.15) is 0 Å². The second-order valence-electron chi connectivity index (χ2n) is 3.00. The van der Waals surface area contributed by atoms with Crippen molar-refractivity contribution in [3.05, 3.63) is 47.0 Å². The van der Waals surface area contributed by atoms with Crippen molar-refractivity contribution in [3.63, 3.8) is 0 Å². The highest BCUT2D eigenvalue weighted by Gasteiger charge is 1.93. The van der Waals surface area contributed by atoms with Gasteiger partial charge in [0.1, 0.15) is 0 Å². The summed E-state index contributed by atoms with van der Waals surface area (Å²) < 4.78 is 0. The number of aryl methyl sites for hydroxylation is 2. The lowest BCUT2D eigenvalue weighted by molar-refractivity contribution is 0.988. The Morgan fingerprint density at radius 1 is 1.33 bits per heavy atom. The molecule has 0 N–H and O–H groups in total. The summed E-state index contributed by atoms with van der Waals surface area (Å²) in [6, 6.07) is 8.50. The van der Waals surface area contributed by atoms with E-state index in [1.807, 2.05) is 0 Å². The summed E-state index contributed by atoms with van der Waals surface area (Å²) in [4.78, 5) is 0. The highest BCUT2D eigenvalue weighted by molar-refractivity contribution is 6.29. The SMILES string of the molecule is C=C(Cl)CCc1ccc(C)cc1. The third-order valence-electron chi connectivity index (χ3n) is 1.81. The van der Waals surface area contributed by atoms with Crippen molar-refractivity contribution in [2.24, 2.45) is 0 Å². The molecule has 0 bridgehead atoms. The van der Waals surface area contributed by atoms with Crippen LogP contribution in [-0.4, -0.2) is 0 Å². The van der Waals surface area contributed by atoms with Gasteiger partial charge in [-0.05, 0) is 25.3 Å². The van der Waals surface area contributed by atoms with Crippen molar-refractivity contribution in [2.75, 3.05) is 0 Å². The first-order valence-corrected chi connectivity index (χ1v) is 4.45. The summed E-state index contributed by atoms with van der Waals surface area (Å²) in [5, 5.41) is 0.732. The van der Waals surface area contributed by atoms with E-state index in [0.717, 1.165) is 17.9 Å². The maximum absolute atomic E-state index is 5.66. The molecule has 0 nitrogen and oxygen atoms in total. The molecule has 0 spiro atoms. The molecule has 1 aromatic rings. The van der Waals surface area contributed by atoms with Gasteiger partial charge in [0.25, 0.3) is 0 Å². The minimum Gasteiger partial charge on any atom is -0.0898 e. The Bertz CT molecular complexity index is 259. The number of rotatable bonds is 3. The summed E-state index contributed by atoms with van der Waals surface area (Å²) >= 11 is 5.66. The lowest BCUT2D eigenvalue weighted by atomic mass is 10.1. The standard InChI is InChI=1S/C11H13Cl/c1-9-3-6-11(7-4-9)8-5-10(2)12/h3-4,6-7H,2,5,8H2,1H3. The number of halogens is 1. The van der Waals surface area contributed by atoms with Crippen LogP contribution in [0.25, 0.3) is 0 Å². The van der Waals surface area contributed by atoms with Crippen molar-refractivity contribution < 1.29 is 0 Å². The van der Waals surface area contributed by atoms with E-state index in [1.54, 1.807) is 0 Å². The Hall–Kier alpha value is -0.750. The van der Waals surface area contributed by atoms with Crippen LogP contribution in [0.1, 0.15) is 17.5 Å². The third kappa shape index (κ3) is 3.10. The molecule has 0 atom stereocenters. The van der Waals surface area contributed by atoms with Crippen molar-refractivity contribution in [1.29, 1.82) is 0 Å². The van der Waals surface area contributed by atoms with E-state index >= 15 is 0 Å². The summed E-state index contributed by atoms with van der Waals surface area (Å²) in [5.41, 5.74) is 2.62. The molecule has 64 valence electrons.